The van der Waals surface area contributed by atoms with Crippen LogP contribution in [0.3, 0.4) is 0 Å². The molecule has 0 bridgehead atoms. The van der Waals surface area contributed by atoms with Crippen LogP contribution >= 0.6 is 0 Å². The first kappa shape index (κ1) is 18.4. The van der Waals surface area contributed by atoms with E-state index in [1.54, 1.807) is 6.07 Å². The molecular weight excluding hydrogens is 355 g/mol. The van der Waals surface area contributed by atoms with E-state index in [9.17, 15) is 9.18 Å². The molecule has 0 atom stereocenters. The third-order valence-corrected chi connectivity index (χ3v) is 5.16. The summed E-state index contributed by atoms with van der Waals surface area (Å²) in [6, 6.07) is 20.7. The largest absolute Gasteiger partial charge is 0.484 e. The molecule has 1 aliphatic rings. The molecule has 0 aliphatic carbocycles. The number of piperazine rings is 1. The van der Waals surface area contributed by atoms with Crippen molar-refractivity contribution >= 4 is 16.7 Å². The Kier molecular flexibility index (Phi) is 5.53. The van der Waals surface area contributed by atoms with Gasteiger partial charge < -0.3 is 9.64 Å². The maximum absolute atomic E-state index is 13.8. The van der Waals surface area contributed by atoms with Gasteiger partial charge in [0.25, 0.3) is 5.91 Å². The molecule has 0 unspecified atom stereocenters. The fourth-order valence-electron chi connectivity index (χ4n) is 3.52. The second-order valence-corrected chi connectivity index (χ2v) is 7.05. The van der Waals surface area contributed by atoms with Crippen molar-refractivity contribution in [3.8, 4) is 5.75 Å². The summed E-state index contributed by atoms with van der Waals surface area (Å²) in [4.78, 5) is 16.5. The molecule has 28 heavy (non-hydrogen) atoms. The minimum absolute atomic E-state index is 0.0151. The van der Waals surface area contributed by atoms with Crippen LogP contribution in [0.15, 0.2) is 66.7 Å². The van der Waals surface area contributed by atoms with Gasteiger partial charge in [-0.25, -0.2) is 4.39 Å². The third kappa shape index (κ3) is 4.31. The SMILES string of the molecule is O=C(COc1ccc2ccccc2c1)N1CCN(Cc2ccccc2F)CC1. The minimum atomic E-state index is -0.176. The highest BCUT2D eigenvalue weighted by Gasteiger charge is 2.22. The van der Waals surface area contributed by atoms with Gasteiger partial charge in [0.2, 0.25) is 0 Å². The molecule has 1 heterocycles. The molecule has 1 amide bonds. The van der Waals surface area contributed by atoms with Gasteiger partial charge in [0, 0.05) is 38.3 Å². The third-order valence-electron chi connectivity index (χ3n) is 5.16. The average Bonchev–Trinajstić information content (AvgIpc) is 2.74. The van der Waals surface area contributed by atoms with Crippen molar-refractivity contribution < 1.29 is 13.9 Å². The average molecular weight is 378 g/mol. The highest BCUT2D eigenvalue weighted by atomic mass is 19.1. The van der Waals surface area contributed by atoms with Crippen LogP contribution < -0.4 is 4.74 Å². The standard InChI is InChI=1S/C23H23FN2O2/c24-22-8-4-3-7-20(22)16-25-11-13-26(14-12-25)23(27)17-28-21-10-9-18-5-1-2-6-19(18)15-21/h1-10,15H,11-14,16-17H2. The van der Waals surface area contributed by atoms with Crippen molar-refractivity contribution in [3.63, 3.8) is 0 Å². The normalized spacial score (nSPS) is 15.0. The molecular formula is C23H23FN2O2. The van der Waals surface area contributed by atoms with Crippen molar-refractivity contribution in [2.45, 2.75) is 6.54 Å². The molecule has 144 valence electrons. The number of carbonyl (C=O) groups excluding carboxylic acids is 1. The van der Waals surface area contributed by atoms with Crippen molar-refractivity contribution in [2.24, 2.45) is 0 Å². The molecule has 0 radical (unpaired) electrons. The van der Waals surface area contributed by atoms with E-state index in [1.807, 2.05) is 59.5 Å². The molecule has 1 fully saturated rings. The number of benzene rings is 3. The first-order valence-corrected chi connectivity index (χ1v) is 9.54. The lowest BCUT2D eigenvalue weighted by Crippen LogP contribution is -2.49. The molecule has 0 aromatic heterocycles. The topological polar surface area (TPSA) is 32.8 Å². The van der Waals surface area contributed by atoms with Gasteiger partial charge in [-0.1, -0.05) is 48.5 Å². The molecule has 0 spiro atoms. The second kappa shape index (κ2) is 8.40. The molecule has 0 saturated carbocycles. The number of fused-ring (bicyclic) bond motifs is 1. The Bertz CT molecular complexity index is 967. The van der Waals surface area contributed by atoms with Gasteiger partial charge in [0.15, 0.2) is 6.61 Å². The van der Waals surface area contributed by atoms with E-state index in [1.165, 1.54) is 6.07 Å². The Hall–Kier alpha value is -2.92. The number of amides is 1. The van der Waals surface area contributed by atoms with Crippen molar-refractivity contribution in [2.75, 3.05) is 32.8 Å². The van der Waals surface area contributed by atoms with Gasteiger partial charge in [-0.15, -0.1) is 0 Å². The lowest BCUT2D eigenvalue weighted by atomic mass is 10.1. The Morgan fingerprint density at radius 2 is 1.61 bits per heavy atom. The van der Waals surface area contributed by atoms with E-state index in [4.69, 9.17) is 4.74 Å². The summed E-state index contributed by atoms with van der Waals surface area (Å²) in [5.74, 6) is 0.508. The predicted molar refractivity (Wildman–Crippen MR) is 108 cm³/mol. The predicted octanol–water partition coefficient (Wildman–Crippen LogP) is 3.70. The van der Waals surface area contributed by atoms with Crippen LogP contribution in [0.1, 0.15) is 5.56 Å². The fraction of sp³-hybridized carbons (Fsp3) is 0.261. The van der Waals surface area contributed by atoms with E-state index in [2.05, 4.69) is 4.90 Å². The Balaban J connectivity index is 1.27. The van der Waals surface area contributed by atoms with Gasteiger partial charge in [-0.3, -0.25) is 9.69 Å². The maximum Gasteiger partial charge on any atom is 0.260 e. The van der Waals surface area contributed by atoms with E-state index < -0.39 is 0 Å². The van der Waals surface area contributed by atoms with E-state index >= 15 is 0 Å². The zero-order valence-electron chi connectivity index (χ0n) is 15.7. The number of hydrogen-bond acceptors (Lipinski definition) is 3. The quantitative estimate of drug-likeness (QED) is 0.679. The summed E-state index contributed by atoms with van der Waals surface area (Å²) in [6.45, 7) is 3.34. The van der Waals surface area contributed by atoms with Gasteiger partial charge in [-0.05, 0) is 29.0 Å². The van der Waals surface area contributed by atoms with E-state index in [0.717, 1.165) is 23.9 Å². The smallest absolute Gasteiger partial charge is 0.260 e. The summed E-state index contributed by atoms with van der Waals surface area (Å²) in [5.41, 5.74) is 0.696. The van der Waals surface area contributed by atoms with Crippen LogP contribution in [0.25, 0.3) is 10.8 Å². The molecule has 3 aromatic carbocycles. The van der Waals surface area contributed by atoms with Gasteiger partial charge in [-0.2, -0.15) is 0 Å². The summed E-state index contributed by atoms with van der Waals surface area (Å²) in [7, 11) is 0. The van der Waals surface area contributed by atoms with Gasteiger partial charge >= 0.3 is 0 Å². The summed E-state index contributed by atoms with van der Waals surface area (Å²) < 4.78 is 19.5. The first-order chi connectivity index (χ1) is 13.7. The number of halogens is 1. The number of hydrogen-bond donors (Lipinski definition) is 0. The second-order valence-electron chi connectivity index (χ2n) is 7.05. The minimum Gasteiger partial charge on any atom is -0.484 e. The summed E-state index contributed by atoms with van der Waals surface area (Å²) >= 11 is 0. The molecule has 3 aromatic rings. The van der Waals surface area contributed by atoms with Crippen molar-refractivity contribution in [1.29, 1.82) is 0 Å². The zero-order valence-corrected chi connectivity index (χ0v) is 15.7. The Labute approximate surface area is 164 Å². The monoisotopic (exact) mass is 378 g/mol. The summed E-state index contributed by atoms with van der Waals surface area (Å²) in [5, 5.41) is 2.24. The van der Waals surface area contributed by atoms with E-state index in [0.29, 0.717) is 30.9 Å². The fourth-order valence-corrected chi connectivity index (χ4v) is 3.52. The maximum atomic E-state index is 13.8. The molecule has 4 nitrogen and oxygen atoms in total. The lowest BCUT2D eigenvalue weighted by molar-refractivity contribution is -0.135. The first-order valence-electron chi connectivity index (χ1n) is 9.54. The molecule has 1 saturated heterocycles. The number of rotatable bonds is 5. The molecule has 5 heteroatoms. The zero-order chi connectivity index (χ0) is 19.3. The number of carbonyl (C=O) groups is 1. The molecule has 4 rings (SSSR count). The van der Waals surface area contributed by atoms with Crippen LogP contribution in [-0.4, -0.2) is 48.5 Å². The van der Waals surface area contributed by atoms with Gasteiger partial charge in [0.1, 0.15) is 11.6 Å². The summed E-state index contributed by atoms with van der Waals surface area (Å²) in [6.07, 6.45) is 0. The van der Waals surface area contributed by atoms with Gasteiger partial charge in [0.05, 0.1) is 0 Å². The van der Waals surface area contributed by atoms with Crippen LogP contribution in [-0.2, 0) is 11.3 Å². The van der Waals surface area contributed by atoms with Crippen LogP contribution in [0.2, 0.25) is 0 Å². The van der Waals surface area contributed by atoms with E-state index in [-0.39, 0.29) is 18.3 Å². The highest BCUT2D eigenvalue weighted by molar-refractivity contribution is 5.84. The Morgan fingerprint density at radius 1 is 0.893 bits per heavy atom. The molecule has 1 aliphatic heterocycles. The van der Waals surface area contributed by atoms with Crippen LogP contribution in [0.4, 0.5) is 4.39 Å². The number of ether oxygens (including phenoxy) is 1. The molecule has 0 N–H and O–H groups in total. The highest BCUT2D eigenvalue weighted by Crippen LogP contribution is 2.20. The van der Waals surface area contributed by atoms with Crippen LogP contribution in [0.5, 0.6) is 5.75 Å². The van der Waals surface area contributed by atoms with Crippen molar-refractivity contribution in [1.82, 2.24) is 9.80 Å². The van der Waals surface area contributed by atoms with Crippen molar-refractivity contribution in [3.05, 3.63) is 78.1 Å². The lowest BCUT2D eigenvalue weighted by Gasteiger charge is -2.34. The Morgan fingerprint density at radius 3 is 2.39 bits per heavy atom. The van der Waals surface area contributed by atoms with Crippen LogP contribution in [0, 0.1) is 5.82 Å². The number of nitrogens with zero attached hydrogens (tertiary/aromatic N) is 2.